The number of amides is 1. The fourth-order valence-electron chi connectivity index (χ4n) is 2.26. The monoisotopic (exact) mass is 377 g/mol. The standard InChI is InChI=1S/C20H24ClNO2S/c1-3-19(24-18-6-4-5-17(21)13-18)20(23)22-11-12-25-14-16-9-7-15(2)8-10-16/h4-10,13,19H,3,11-12,14H2,1-2H3,(H,22,23)/t19-/m1/s1. The smallest absolute Gasteiger partial charge is 0.261 e. The van der Waals surface area contributed by atoms with Crippen molar-refractivity contribution in [2.75, 3.05) is 12.3 Å². The summed E-state index contributed by atoms with van der Waals surface area (Å²) in [7, 11) is 0. The Bertz CT molecular complexity index is 676. The molecule has 1 N–H and O–H groups in total. The lowest BCUT2D eigenvalue weighted by Gasteiger charge is -2.17. The fourth-order valence-corrected chi connectivity index (χ4v) is 3.26. The zero-order chi connectivity index (χ0) is 18.1. The zero-order valence-electron chi connectivity index (χ0n) is 14.6. The largest absolute Gasteiger partial charge is 0.481 e. The highest BCUT2D eigenvalue weighted by Gasteiger charge is 2.17. The Kier molecular flexibility index (Phi) is 8.16. The molecule has 1 amide bonds. The van der Waals surface area contributed by atoms with E-state index in [1.807, 2.05) is 13.0 Å². The number of hydrogen-bond donors (Lipinski definition) is 1. The second kappa shape index (κ2) is 10.4. The SMILES string of the molecule is CC[C@@H](Oc1cccc(Cl)c1)C(=O)NCCSCc1ccc(C)cc1. The van der Waals surface area contributed by atoms with E-state index in [4.69, 9.17) is 16.3 Å². The van der Waals surface area contributed by atoms with Gasteiger partial charge in [0.1, 0.15) is 5.75 Å². The molecule has 2 aromatic rings. The molecule has 5 heteroatoms. The van der Waals surface area contributed by atoms with Crippen LogP contribution >= 0.6 is 23.4 Å². The highest BCUT2D eigenvalue weighted by atomic mass is 35.5. The summed E-state index contributed by atoms with van der Waals surface area (Å²) in [5.74, 6) is 2.35. The highest BCUT2D eigenvalue weighted by molar-refractivity contribution is 7.98. The van der Waals surface area contributed by atoms with Gasteiger partial charge >= 0.3 is 0 Å². The van der Waals surface area contributed by atoms with Gasteiger partial charge in [0, 0.05) is 23.1 Å². The minimum atomic E-state index is -0.499. The Balaban J connectivity index is 1.69. The molecule has 1 atom stereocenters. The molecule has 0 radical (unpaired) electrons. The number of thioether (sulfide) groups is 1. The summed E-state index contributed by atoms with van der Waals surface area (Å²) in [6.45, 7) is 4.65. The third-order valence-electron chi connectivity index (χ3n) is 3.67. The molecule has 0 bridgehead atoms. The Morgan fingerprint density at radius 3 is 2.68 bits per heavy atom. The number of rotatable bonds is 9. The van der Waals surface area contributed by atoms with Crippen LogP contribution in [0.25, 0.3) is 0 Å². The van der Waals surface area contributed by atoms with E-state index in [1.165, 1.54) is 11.1 Å². The number of carbonyl (C=O) groups excluding carboxylic acids is 1. The van der Waals surface area contributed by atoms with Gasteiger partial charge in [-0.2, -0.15) is 11.8 Å². The molecule has 0 aromatic heterocycles. The van der Waals surface area contributed by atoms with Gasteiger partial charge in [0.15, 0.2) is 6.10 Å². The lowest BCUT2D eigenvalue weighted by molar-refractivity contribution is -0.127. The molecule has 25 heavy (non-hydrogen) atoms. The lowest BCUT2D eigenvalue weighted by atomic mass is 10.2. The molecule has 3 nitrogen and oxygen atoms in total. The Morgan fingerprint density at radius 2 is 2.00 bits per heavy atom. The number of halogens is 1. The average Bonchev–Trinajstić information content (AvgIpc) is 2.61. The Labute approximate surface area is 159 Å². The van der Waals surface area contributed by atoms with E-state index in [2.05, 4.69) is 36.5 Å². The molecule has 0 heterocycles. The third-order valence-corrected chi connectivity index (χ3v) is 4.94. The molecule has 0 saturated heterocycles. The van der Waals surface area contributed by atoms with Gasteiger partial charge in [-0.25, -0.2) is 0 Å². The first-order chi connectivity index (χ1) is 12.1. The summed E-state index contributed by atoms with van der Waals surface area (Å²) in [5, 5.41) is 3.54. The Hall–Kier alpha value is -1.65. The van der Waals surface area contributed by atoms with E-state index in [1.54, 1.807) is 30.0 Å². The number of hydrogen-bond acceptors (Lipinski definition) is 3. The van der Waals surface area contributed by atoms with Gasteiger partial charge in [-0.3, -0.25) is 4.79 Å². The second-order valence-electron chi connectivity index (χ2n) is 5.80. The molecule has 0 aliphatic carbocycles. The molecule has 0 fully saturated rings. The van der Waals surface area contributed by atoms with Crippen molar-refractivity contribution in [2.45, 2.75) is 32.1 Å². The van der Waals surface area contributed by atoms with Gasteiger partial charge in [-0.1, -0.05) is 54.4 Å². The van der Waals surface area contributed by atoms with Crippen LogP contribution < -0.4 is 10.1 Å². The van der Waals surface area contributed by atoms with Gasteiger partial charge in [-0.05, 0) is 37.1 Å². The highest BCUT2D eigenvalue weighted by Crippen LogP contribution is 2.19. The van der Waals surface area contributed by atoms with E-state index in [9.17, 15) is 4.79 Å². The minimum Gasteiger partial charge on any atom is -0.481 e. The predicted octanol–water partition coefficient (Wildman–Crippen LogP) is 4.86. The van der Waals surface area contributed by atoms with Crippen LogP contribution in [0.2, 0.25) is 5.02 Å². The van der Waals surface area contributed by atoms with Crippen molar-refractivity contribution in [2.24, 2.45) is 0 Å². The zero-order valence-corrected chi connectivity index (χ0v) is 16.2. The lowest BCUT2D eigenvalue weighted by Crippen LogP contribution is -2.39. The number of aryl methyl sites for hydroxylation is 1. The van der Waals surface area contributed by atoms with Crippen molar-refractivity contribution in [3.8, 4) is 5.75 Å². The molecule has 2 aromatic carbocycles. The molecule has 0 unspecified atom stereocenters. The maximum absolute atomic E-state index is 12.3. The van der Waals surface area contributed by atoms with Crippen molar-refractivity contribution in [3.05, 3.63) is 64.7 Å². The summed E-state index contributed by atoms with van der Waals surface area (Å²) in [6.07, 6.45) is 0.107. The normalized spacial score (nSPS) is 11.8. The summed E-state index contributed by atoms with van der Waals surface area (Å²) in [4.78, 5) is 12.3. The molecule has 0 aliphatic rings. The summed E-state index contributed by atoms with van der Waals surface area (Å²) in [6, 6.07) is 15.6. The van der Waals surface area contributed by atoms with E-state index < -0.39 is 6.10 Å². The van der Waals surface area contributed by atoms with Crippen molar-refractivity contribution in [1.82, 2.24) is 5.32 Å². The number of carbonyl (C=O) groups is 1. The van der Waals surface area contributed by atoms with Crippen LogP contribution in [-0.2, 0) is 10.5 Å². The van der Waals surface area contributed by atoms with Crippen molar-refractivity contribution < 1.29 is 9.53 Å². The van der Waals surface area contributed by atoms with Crippen LogP contribution in [0.15, 0.2) is 48.5 Å². The van der Waals surface area contributed by atoms with Gasteiger partial charge in [0.05, 0.1) is 0 Å². The van der Waals surface area contributed by atoms with E-state index >= 15 is 0 Å². The van der Waals surface area contributed by atoms with Crippen LogP contribution in [0.5, 0.6) is 5.75 Å². The molecular weight excluding hydrogens is 354 g/mol. The Morgan fingerprint density at radius 1 is 1.24 bits per heavy atom. The maximum Gasteiger partial charge on any atom is 0.261 e. The fraction of sp³-hybridized carbons (Fsp3) is 0.350. The minimum absolute atomic E-state index is 0.0848. The van der Waals surface area contributed by atoms with Crippen LogP contribution in [0.4, 0.5) is 0 Å². The third kappa shape index (κ3) is 7.00. The van der Waals surface area contributed by atoms with Crippen molar-refractivity contribution in [1.29, 1.82) is 0 Å². The molecule has 0 saturated carbocycles. The van der Waals surface area contributed by atoms with Crippen molar-refractivity contribution in [3.63, 3.8) is 0 Å². The molecule has 2 rings (SSSR count). The first-order valence-corrected chi connectivity index (χ1v) is 9.95. The maximum atomic E-state index is 12.3. The average molecular weight is 378 g/mol. The first kappa shape index (κ1) is 19.7. The number of ether oxygens (including phenoxy) is 1. The quantitative estimate of drug-likeness (QED) is 0.634. The van der Waals surface area contributed by atoms with Crippen LogP contribution in [0.1, 0.15) is 24.5 Å². The van der Waals surface area contributed by atoms with Gasteiger partial charge < -0.3 is 10.1 Å². The van der Waals surface area contributed by atoms with Crippen LogP contribution in [0, 0.1) is 6.92 Å². The van der Waals surface area contributed by atoms with Crippen LogP contribution in [-0.4, -0.2) is 24.3 Å². The summed E-state index contributed by atoms with van der Waals surface area (Å²) >= 11 is 7.75. The van der Waals surface area contributed by atoms with Gasteiger partial charge in [0.2, 0.25) is 0 Å². The molecule has 0 aliphatic heterocycles. The number of benzene rings is 2. The van der Waals surface area contributed by atoms with Crippen LogP contribution in [0.3, 0.4) is 0 Å². The number of nitrogens with one attached hydrogen (secondary N) is 1. The van der Waals surface area contributed by atoms with E-state index in [0.717, 1.165) is 11.5 Å². The summed E-state index contributed by atoms with van der Waals surface area (Å²) < 4.78 is 5.74. The first-order valence-electron chi connectivity index (χ1n) is 8.41. The molecular formula is C20H24ClNO2S. The molecule has 0 spiro atoms. The summed E-state index contributed by atoms with van der Waals surface area (Å²) in [5.41, 5.74) is 2.57. The predicted molar refractivity (Wildman–Crippen MR) is 107 cm³/mol. The topological polar surface area (TPSA) is 38.3 Å². The van der Waals surface area contributed by atoms with E-state index in [0.29, 0.717) is 23.7 Å². The van der Waals surface area contributed by atoms with Gasteiger partial charge in [0.25, 0.3) is 5.91 Å². The van der Waals surface area contributed by atoms with Gasteiger partial charge in [-0.15, -0.1) is 0 Å². The second-order valence-corrected chi connectivity index (χ2v) is 7.34. The van der Waals surface area contributed by atoms with E-state index in [-0.39, 0.29) is 5.91 Å². The molecule has 134 valence electrons. The van der Waals surface area contributed by atoms with Crippen molar-refractivity contribution >= 4 is 29.3 Å².